The van der Waals surface area contributed by atoms with Crippen molar-refractivity contribution in [3.05, 3.63) is 24.4 Å². The molecule has 3 amide bonds. The number of ketones is 1. The van der Waals surface area contributed by atoms with Gasteiger partial charge < -0.3 is 25.4 Å². The van der Waals surface area contributed by atoms with E-state index < -0.39 is 53.6 Å². The normalized spacial score (nSPS) is 24.3. The van der Waals surface area contributed by atoms with E-state index in [-0.39, 0.29) is 12.2 Å². The second-order valence-corrected chi connectivity index (χ2v) is 12.0. The maximum Gasteiger partial charge on any atom is 0.325 e. The number of carbonyl (C=O) groups is 5. The first-order valence-corrected chi connectivity index (χ1v) is 15.4. The lowest BCUT2D eigenvalue weighted by atomic mass is 9.85. The lowest BCUT2D eigenvalue weighted by molar-refractivity contribution is -0.162. The van der Waals surface area contributed by atoms with E-state index in [0.717, 1.165) is 43.1 Å². The van der Waals surface area contributed by atoms with Crippen molar-refractivity contribution in [2.75, 3.05) is 20.1 Å². The quantitative estimate of drug-likeness (QED) is 0.167. The summed E-state index contributed by atoms with van der Waals surface area (Å²) in [5.74, 6) is -3.98. The van der Waals surface area contributed by atoms with Crippen molar-refractivity contribution in [2.24, 2.45) is 11.8 Å². The zero-order valence-electron chi connectivity index (χ0n) is 26.3. The van der Waals surface area contributed by atoms with Crippen molar-refractivity contribution in [1.29, 1.82) is 0 Å². The van der Waals surface area contributed by atoms with E-state index in [1.54, 1.807) is 0 Å². The highest BCUT2D eigenvalue weighted by atomic mass is 16.5. The van der Waals surface area contributed by atoms with E-state index >= 15 is 0 Å². The molecule has 10 nitrogen and oxygen atoms in total. The van der Waals surface area contributed by atoms with Gasteiger partial charge in [0.05, 0.1) is 12.5 Å². The van der Waals surface area contributed by atoms with Crippen LogP contribution in [-0.4, -0.2) is 71.3 Å². The summed E-state index contributed by atoms with van der Waals surface area (Å²) in [7, 11) is 1.42. The van der Waals surface area contributed by atoms with E-state index in [2.05, 4.69) is 31.1 Å². The second-order valence-electron chi connectivity index (χ2n) is 12.0. The Morgan fingerprint density at radius 1 is 0.976 bits per heavy atom. The van der Waals surface area contributed by atoms with Gasteiger partial charge in [0.15, 0.2) is 11.4 Å². The van der Waals surface area contributed by atoms with E-state index in [0.29, 0.717) is 12.8 Å². The molecule has 0 aromatic heterocycles. The lowest BCUT2D eigenvalue weighted by Gasteiger charge is -2.29. The SMILES string of the molecule is C=C1/C=C\C(=O)N(C)CC(=O)O[C@@H](CCCCCCCCCCCCC(C)C)[C@H](C)C(=O)[C@](C)(O)C(=O)NCC(=O)N1. The summed E-state index contributed by atoms with van der Waals surface area (Å²) in [6, 6.07) is 0. The maximum atomic E-state index is 13.2. The molecule has 0 saturated heterocycles. The molecule has 3 N–H and O–H groups in total. The van der Waals surface area contributed by atoms with Crippen LogP contribution < -0.4 is 10.6 Å². The van der Waals surface area contributed by atoms with Gasteiger partial charge in [0.25, 0.3) is 5.91 Å². The van der Waals surface area contributed by atoms with Gasteiger partial charge in [-0.25, -0.2) is 0 Å². The summed E-state index contributed by atoms with van der Waals surface area (Å²) in [6.07, 6.45) is 14.5. The number of unbranched alkanes of at least 4 members (excludes halogenated alkanes) is 9. The Bertz CT molecular complexity index is 958. The number of cyclic esters (lactones) is 1. The fourth-order valence-corrected chi connectivity index (χ4v) is 4.82. The highest BCUT2D eigenvalue weighted by Gasteiger charge is 2.44. The number of allylic oxidation sites excluding steroid dienone is 1. The lowest BCUT2D eigenvalue weighted by Crippen LogP contribution is -2.55. The van der Waals surface area contributed by atoms with Crippen molar-refractivity contribution >= 4 is 29.5 Å². The summed E-state index contributed by atoms with van der Waals surface area (Å²) >= 11 is 0. The third kappa shape index (κ3) is 14.2. The van der Waals surface area contributed by atoms with E-state index in [9.17, 15) is 29.1 Å². The summed E-state index contributed by atoms with van der Waals surface area (Å²) in [6.45, 7) is 9.81. The summed E-state index contributed by atoms with van der Waals surface area (Å²) < 4.78 is 5.65. The Kier molecular flexibility index (Phi) is 16.9. The number of ether oxygens (including phenoxy) is 1. The minimum atomic E-state index is -2.45. The molecule has 0 spiro atoms. The molecule has 10 heteroatoms. The van der Waals surface area contributed by atoms with Gasteiger partial charge >= 0.3 is 5.97 Å². The molecule has 1 heterocycles. The molecule has 0 aromatic carbocycles. The number of hydrogen-bond donors (Lipinski definition) is 3. The Morgan fingerprint density at radius 3 is 2.10 bits per heavy atom. The van der Waals surface area contributed by atoms with Crippen molar-refractivity contribution in [2.45, 2.75) is 116 Å². The Labute approximate surface area is 251 Å². The van der Waals surface area contributed by atoms with Crippen LogP contribution in [0.4, 0.5) is 0 Å². The van der Waals surface area contributed by atoms with Crippen LogP contribution in [0.3, 0.4) is 0 Å². The van der Waals surface area contributed by atoms with E-state index in [1.165, 1.54) is 65.0 Å². The first kappa shape index (κ1) is 37.0. The highest BCUT2D eigenvalue weighted by molar-refractivity contribution is 6.10. The van der Waals surface area contributed by atoms with Crippen LogP contribution >= 0.6 is 0 Å². The van der Waals surface area contributed by atoms with Gasteiger partial charge in [-0.1, -0.05) is 91.6 Å². The van der Waals surface area contributed by atoms with Crippen molar-refractivity contribution in [3.8, 4) is 0 Å². The minimum absolute atomic E-state index is 0.0801. The molecule has 1 aliphatic heterocycles. The first-order chi connectivity index (χ1) is 19.7. The zero-order valence-corrected chi connectivity index (χ0v) is 26.3. The third-order valence-electron chi connectivity index (χ3n) is 7.58. The smallest absolute Gasteiger partial charge is 0.325 e. The van der Waals surface area contributed by atoms with Crippen LogP contribution in [0.5, 0.6) is 0 Å². The molecule has 0 unspecified atom stereocenters. The molecule has 1 aliphatic rings. The Balaban J connectivity index is 2.77. The molecule has 0 bridgehead atoms. The molecule has 0 fully saturated rings. The van der Waals surface area contributed by atoms with Gasteiger partial charge in [-0.05, 0) is 31.8 Å². The molecule has 1 rings (SSSR count). The van der Waals surface area contributed by atoms with E-state index in [1.807, 2.05) is 0 Å². The number of amides is 3. The molecule has 0 aromatic rings. The summed E-state index contributed by atoms with van der Waals surface area (Å²) in [4.78, 5) is 64.3. The predicted octanol–water partition coefficient (Wildman–Crippen LogP) is 3.97. The number of nitrogens with one attached hydrogen (secondary N) is 2. The van der Waals surface area contributed by atoms with Gasteiger partial charge in [-0.3, -0.25) is 24.0 Å². The van der Waals surface area contributed by atoms with Crippen molar-refractivity contribution < 1.29 is 33.8 Å². The monoisotopic (exact) mass is 591 g/mol. The third-order valence-corrected chi connectivity index (χ3v) is 7.58. The van der Waals surface area contributed by atoms with Crippen LogP contribution in [0.2, 0.25) is 0 Å². The van der Waals surface area contributed by atoms with Crippen molar-refractivity contribution in [3.63, 3.8) is 0 Å². The minimum Gasteiger partial charge on any atom is -0.460 e. The molecule has 0 saturated carbocycles. The highest BCUT2D eigenvalue weighted by Crippen LogP contribution is 2.23. The fourth-order valence-electron chi connectivity index (χ4n) is 4.82. The molecular weight excluding hydrogens is 538 g/mol. The summed E-state index contributed by atoms with van der Waals surface area (Å²) in [5.41, 5.74) is -2.37. The zero-order chi connectivity index (χ0) is 31.7. The second kappa shape index (κ2) is 19.2. The fraction of sp³-hybridized carbons (Fsp3) is 0.719. The van der Waals surface area contributed by atoms with Gasteiger partial charge in [0, 0.05) is 18.8 Å². The standard InChI is InChI=1S/C32H53N3O7/c1-23(2)17-15-13-11-9-7-8-10-12-14-16-18-26-25(4)30(39)32(5,41)31(40)33-21-27(36)34-24(3)19-20-28(37)35(6)22-29(38)42-26/h19-20,23,25-26,41H,3,7-18,21-22H2,1-2,4-6H3,(H,33,40)(H,34,36)/b20-19-/t25-,26-,32-/m0/s1. The predicted molar refractivity (Wildman–Crippen MR) is 162 cm³/mol. The number of esters is 1. The molecule has 0 radical (unpaired) electrons. The molecule has 3 atom stereocenters. The van der Waals surface area contributed by atoms with Crippen LogP contribution in [0, 0.1) is 11.8 Å². The maximum absolute atomic E-state index is 13.2. The van der Waals surface area contributed by atoms with Gasteiger partial charge in [-0.2, -0.15) is 0 Å². The first-order valence-electron chi connectivity index (χ1n) is 15.4. The van der Waals surface area contributed by atoms with Crippen molar-refractivity contribution in [1.82, 2.24) is 15.5 Å². The number of nitrogens with zero attached hydrogens (tertiary/aromatic N) is 1. The summed E-state index contributed by atoms with van der Waals surface area (Å²) in [5, 5.41) is 15.4. The van der Waals surface area contributed by atoms with Gasteiger partial charge in [-0.15, -0.1) is 0 Å². The number of rotatable bonds is 13. The Morgan fingerprint density at radius 2 is 1.52 bits per heavy atom. The van der Waals surface area contributed by atoms with Gasteiger partial charge in [0.2, 0.25) is 11.8 Å². The van der Waals surface area contributed by atoms with Crippen LogP contribution in [-0.2, 0) is 28.7 Å². The average Bonchev–Trinajstić information content (AvgIpc) is 2.92. The number of carbonyl (C=O) groups excluding carboxylic acids is 5. The largest absolute Gasteiger partial charge is 0.460 e. The molecule has 238 valence electrons. The van der Waals surface area contributed by atoms with Crippen LogP contribution in [0.25, 0.3) is 0 Å². The number of hydrogen-bond acceptors (Lipinski definition) is 7. The average molecular weight is 592 g/mol. The Hall–Kier alpha value is -3.01. The number of aliphatic hydroxyl groups is 1. The number of Topliss-reactive ketones (excluding diaryl/α,β-unsaturated/α-hetero) is 1. The topological polar surface area (TPSA) is 142 Å². The number of likely N-dealkylation sites (N-methyl/N-ethyl adjacent to an activating group) is 1. The van der Waals surface area contributed by atoms with Gasteiger partial charge in [0.1, 0.15) is 12.6 Å². The molecular formula is C32H53N3O7. The van der Waals surface area contributed by atoms with E-state index in [4.69, 9.17) is 4.74 Å². The van der Waals surface area contributed by atoms with Crippen LogP contribution in [0.1, 0.15) is 105 Å². The molecule has 0 aliphatic carbocycles. The molecule has 42 heavy (non-hydrogen) atoms. The van der Waals surface area contributed by atoms with Crippen LogP contribution in [0.15, 0.2) is 24.4 Å².